The van der Waals surface area contributed by atoms with E-state index in [1.807, 2.05) is 43.1 Å². The Hall–Kier alpha value is -2.62. The summed E-state index contributed by atoms with van der Waals surface area (Å²) in [6, 6.07) is 10.1. The van der Waals surface area contributed by atoms with Crippen LogP contribution in [0.1, 0.15) is 52.5 Å². The molecule has 1 fully saturated rings. The van der Waals surface area contributed by atoms with E-state index in [1.165, 1.54) is 0 Å². The lowest BCUT2D eigenvalue weighted by atomic mass is 9.96. The van der Waals surface area contributed by atoms with Crippen molar-refractivity contribution in [1.82, 2.24) is 9.88 Å². The molecule has 128 valence electrons. The third-order valence-corrected chi connectivity index (χ3v) is 5.12. The van der Waals surface area contributed by atoms with E-state index in [0.717, 1.165) is 53.5 Å². The average Bonchev–Trinajstić information content (AvgIpc) is 2.97. The summed E-state index contributed by atoms with van der Waals surface area (Å²) < 4.78 is 5.97. The van der Waals surface area contributed by atoms with E-state index < -0.39 is 0 Å². The van der Waals surface area contributed by atoms with E-state index in [4.69, 9.17) is 4.42 Å². The highest BCUT2D eigenvalue weighted by molar-refractivity contribution is 5.99. The van der Waals surface area contributed by atoms with Crippen LogP contribution >= 0.6 is 0 Å². The zero-order valence-electron chi connectivity index (χ0n) is 14.7. The highest BCUT2D eigenvalue weighted by Crippen LogP contribution is 2.34. The fourth-order valence-electron chi connectivity index (χ4n) is 3.76. The maximum atomic E-state index is 13.3. The molecular formula is C21H22N2O2. The minimum Gasteiger partial charge on any atom is -0.451 e. The van der Waals surface area contributed by atoms with Gasteiger partial charge in [-0.3, -0.25) is 9.78 Å². The number of fused-ring (bicyclic) bond motifs is 1. The van der Waals surface area contributed by atoms with E-state index in [9.17, 15) is 4.79 Å². The minimum absolute atomic E-state index is 0.0140. The van der Waals surface area contributed by atoms with E-state index in [2.05, 4.69) is 17.1 Å². The number of aryl methyl sites for hydroxylation is 2. The number of aromatic nitrogens is 1. The number of furan rings is 1. The third kappa shape index (κ3) is 2.82. The maximum absolute atomic E-state index is 13.3. The van der Waals surface area contributed by atoms with E-state index in [0.29, 0.717) is 5.76 Å². The smallest absolute Gasteiger partial charge is 0.290 e. The second kappa shape index (κ2) is 6.36. The van der Waals surface area contributed by atoms with Crippen molar-refractivity contribution in [3.63, 3.8) is 0 Å². The molecule has 1 aliphatic rings. The highest BCUT2D eigenvalue weighted by atomic mass is 16.3. The van der Waals surface area contributed by atoms with Gasteiger partial charge in [-0.15, -0.1) is 0 Å². The van der Waals surface area contributed by atoms with Gasteiger partial charge in [0.05, 0.1) is 6.04 Å². The lowest BCUT2D eigenvalue weighted by Gasteiger charge is -2.35. The fourth-order valence-corrected chi connectivity index (χ4v) is 3.76. The predicted molar refractivity (Wildman–Crippen MR) is 97.6 cm³/mol. The van der Waals surface area contributed by atoms with Gasteiger partial charge in [0.15, 0.2) is 5.76 Å². The molecule has 0 saturated carbocycles. The molecule has 25 heavy (non-hydrogen) atoms. The van der Waals surface area contributed by atoms with Gasteiger partial charge in [0, 0.05) is 29.9 Å². The van der Waals surface area contributed by atoms with Crippen LogP contribution in [-0.2, 0) is 0 Å². The van der Waals surface area contributed by atoms with Crippen molar-refractivity contribution < 1.29 is 9.21 Å². The normalized spacial score (nSPS) is 17.8. The molecule has 2 aromatic heterocycles. The predicted octanol–water partition coefficient (Wildman–Crippen LogP) is 4.81. The van der Waals surface area contributed by atoms with E-state index in [1.54, 1.807) is 6.20 Å². The van der Waals surface area contributed by atoms with Crippen LogP contribution in [0.5, 0.6) is 0 Å². The second-order valence-corrected chi connectivity index (χ2v) is 6.85. The summed E-state index contributed by atoms with van der Waals surface area (Å²) in [5.41, 5.74) is 3.94. The van der Waals surface area contributed by atoms with E-state index in [-0.39, 0.29) is 11.9 Å². The van der Waals surface area contributed by atoms with Crippen molar-refractivity contribution in [3.8, 4) is 0 Å². The molecule has 3 heterocycles. The molecule has 0 bridgehead atoms. The molecule has 4 heteroatoms. The molecule has 0 N–H and O–H groups in total. The van der Waals surface area contributed by atoms with Crippen LogP contribution in [0, 0.1) is 13.8 Å². The first-order valence-corrected chi connectivity index (χ1v) is 8.86. The minimum atomic E-state index is -0.0140. The number of benzene rings is 1. The highest BCUT2D eigenvalue weighted by Gasteiger charge is 2.31. The van der Waals surface area contributed by atoms with Crippen LogP contribution in [0.15, 0.2) is 47.1 Å². The number of hydrogen-bond acceptors (Lipinski definition) is 3. The van der Waals surface area contributed by atoms with Gasteiger partial charge in [-0.25, -0.2) is 0 Å². The summed E-state index contributed by atoms with van der Waals surface area (Å²) in [6.45, 7) is 4.76. The molecule has 1 saturated heterocycles. The molecule has 0 radical (unpaired) electrons. The maximum Gasteiger partial charge on any atom is 0.290 e. The monoisotopic (exact) mass is 334 g/mol. The average molecular weight is 334 g/mol. The number of carbonyl (C=O) groups is 1. The molecule has 0 spiro atoms. The Bertz CT molecular complexity index is 914. The van der Waals surface area contributed by atoms with Gasteiger partial charge in [-0.2, -0.15) is 0 Å². The number of hydrogen-bond donors (Lipinski definition) is 0. The van der Waals surface area contributed by atoms with Crippen molar-refractivity contribution in [3.05, 3.63) is 65.2 Å². The molecule has 1 aromatic carbocycles. The van der Waals surface area contributed by atoms with Gasteiger partial charge in [-0.1, -0.05) is 18.2 Å². The van der Waals surface area contributed by atoms with Crippen LogP contribution in [0.3, 0.4) is 0 Å². The van der Waals surface area contributed by atoms with Crippen LogP contribution in [-0.4, -0.2) is 22.3 Å². The summed E-state index contributed by atoms with van der Waals surface area (Å²) in [6.07, 6.45) is 6.76. The summed E-state index contributed by atoms with van der Waals surface area (Å²) in [7, 11) is 0. The molecule has 1 atom stereocenters. The van der Waals surface area contributed by atoms with Gasteiger partial charge in [-0.05, 0) is 56.4 Å². The quantitative estimate of drug-likeness (QED) is 0.675. The summed E-state index contributed by atoms with van der Waals surface area (Å²) in [5.74, 6) is 0.455. The number of likely N-dealkylation sites (tertiary alicyclic amines) is 1. The van der Waals surface area contributed by atoms with Crippen molar-refractivity contribution >= 4 is 16.9 Å². The Balaban J connectivity index is 1.72. The number of carbonyl (C=O) groups excluding carboxylic acids is 1. The topological polar surface area (TPSA) is 46.3 Å². The number of rotatable bonds is 2. The lowest BCUT2D eigenvalue weighted by molar-refractivity contribution is 0.0580. The zero-order chi connectivity index (χ0) is 17.4. The van der Waals surface area contributed by atoms with Crippen LogP contribution in [0.25, 0.3) is 11.0 Å². The molecule has 1 aliphatic heterocycles. The fraction of sp³-hybridized carbons (Fsp3) is 0.333. The number of piperidine rings is 1. The standard InChI is InChI=1S/C21H22N2O2/c1-14-8-9-17-15(2)20(25-19(17)12-14)21(24)23-11-4-3-7-18(23)16-6-5-10-22-13-16/h5-6,8-10,12-13,18H,3-4,7,11H2,1-2H3. The van der Waals surface area contributed by atoms with Gasteiger partial charge in [0.1, 0.15) is 5.58 Å². The van der Waals surface area contributed by atoms with E-state index >= 15 is 0 Å². The summed E-state index contributed by atoms with van der Waals surface area (Å²) in [4.78, 5) is 19.5. The van der Waals surface area contributed by atoms with Crippen molar-refractivity contribution in [2.45, 2.75) is 39.2 Å². The Morgan fingerprint density at radius 3 is 2.92 bits per heavy atom. The molecule has 3 aromatic rings. The Morgan fingerprint density at radius 2 is 2.12 bits per heavy atom. The number of pyridine rings is 1. The Labute approximate surface area is 147 Å². The molecular weight excluding hydrogens is 312 g/mol. The SMILES string of the molecule is Cc1ccc2c(C)c(C(=O)N3CCCCC3c3cccnc3)oc2c1. The van der Waals surface area contributed by atoms with Gasteiger partial charge >= 0.3 is 0 Å². The largest absolute Gasteiger partial charge is 0.451 e. The second-order valence-electron chi connectivity index (χ2n) is 6.85. The van der Waals surface area contributed by atoms with Crippen molar-refractivity contribution in [2.24, 2.45) is 0 Å². The third-order valence-electron chi connectivity index (χ3n) is 5.12. The summed E-state index contributed by atoms with van der Waals surface area (Å²) >= 11 is 0. The van der Waals surface area contributed by atoms with Gasteiger partial charge in [0.25, 0.3) is 5.91 Å². The van der Waals surface area contributed by atoms with Crippen molar-refractivity contribution in [1.29, 1.82) is 0 Å². The first-order chi connectivity index (χ1) is 12.1. The summed E-state index contributed by atoms with van der Waals surface area (Å²) in [5, 5.41) is 1.02. The molecule has 0 aliphatic carbocycles. The first kappa shape index (κ1) is 15.9. The van der Waals surface area contributed by atoms with Gasteiger partial charge in [0.2, 0.25) is 0 Å². The van der Waals surface area contributed by atoms with Crippen molar-refractivity contribution in [2.75, 3.05) is 6.54 Å². The molecule has 4 rings (SSSR count). The Morgan fingerprint density at radius 1 is 1.24 bits per heavy atom. The van der Waals surface area contributed by atoms with Crippen LogP contribution < -0.4 is 0 Å². The van der Waals surface area contributed by atoms with Crippen LogP contribution in [0.2, 0.25) is 0 Å². The number of nitrogens with zero attached hydrogens (tertiary/aromatic N) is 2. The molecule has 4 nitrogen and oxygen atoms in total. The molecule has 1 unspecified atom stereocenters. The zero-order valence-corrected chi connectivity index (χ0v) is 14.7. The van der Waals surface area contributed by atoms with Crippen LogP contribution in [0.4, 0.5) is 0 Å². The first-order valence-electron chi connectivity index (χ1n) is 8.86. The molecule has 1 amide bonds. The Kier molecular flexibility index (Phi) is 4.04. The lowest BCUT2D eigenvalue weighted by Crippen LogP contribution is -2.38. The van der Waals surface area contributed by atoms with Gasteiger partial charge < -0.3 is 9.32 Å². The number of amides is 1.